The summed E-state index contributed by atoms with van der Waals surface area (Å²) in [7, 11) is 1.85. The van der Waals surface area contributed by atoms with Gasteiger partial charge in [-0.15, -0.1) is 0 Å². The number of hydrogen-bond donors (Lipinski definition) is 1. The molecule has 4 aromatic rings. The predicted molar refractivity (Wildman–Crippen MR) is 125 cm³/mol. The van der Waals surface area contributed by atoms with Crippen LogP contribution in [-0.4, -0.2) is 32.2 Å². The fourth-order valence-electron chi connectivity index (χ4n) is 3.91. The Kier molecular flexibility index (Phi) is 5.33. The molecule has 2 aromatic heterocycles. The first-order valence-electron chi connectivity index (χ1n) is 10.3. The first-order chi connectivity index (χ1) is 15.6. The van der Waals surface area contributed by atoms with E-state index in [2.05, 4.69) is 26.4 Å². The summed E-state index contributed by atoms with van der Waals surface area (Å²) >= 11 is 6.24. The SMILES string of the molecule is Cn1nccc1Nc1nccc(-c2ccc3c(c2)CCN3C(=O)Cc2ccccc2Cl)n1. The van der Waals surface area contributed by atoms with Gasteiger partial charge >= 0.3 is 0 Å². The maximum atomic E-state index is 12.9. The average molecular weight is 445 g/mol. The van der Waals surface area contributed by atoms with Crippen molar-refractivity contribution in [2.24, 2.45) is 7.05 Å². The topological polar surface area (TPSA) is 75.9 Å². The van der Waals surface area contributed by atoms with Crippen LogP contribution in [0.1, 0.15) is 11.1 Å². The summed E-state index contributed by atoms with van der Waals surface area (Å²) in [6.07, 6.45) is 4.54. The highest BCUT2D eigenvalue weighted by atomic mass is 35.5. The highest BCUT2D eigenvalue weighted by Gasteiger charge is 2.25. The number of carbonyl (C=O) groups excluding carboxylic acids is 1. The first-order valence-corrected chi connectivity index (χ1v) is 10.7. The Balaban J connectivity index is 1.36. The van der Waals surface area contributed by atoms with Gasteiger partial charge in [0.2, 0.25) is 11.9 Å². The summed E-state index contributed by atoms with van der Waals surface area (Å²) in [5.41, 5.74) is 4.73. The zero-order valence-corrected chi connectivity index (χ0v) is 18.3. The van der Waals surface area contributed by atoms with E-state index in [1.54, 1.807) is 17.1 Å². The van der Waals surface area contributed by atoms with E-state index in [4.69, 9.17) is 11.6 Å². The lowest BCUT2D eigenvalue weighted by Gasteiger charge is -2.18. The van der Waals surface area contributed by atoms with Gasteiger partial charge in [0.25, 0.3) is 0 Å². The van der Waals surface area contributed by atoms with Crippen LogP contribution >= 0.6 is 11.6 Å². The third-order valence-corrected chi connectivity index (χ3v) is 5.96. The first kappa shape index (κ1) is 20.2. The molecule has 32 heavy (non-hydrogen) atoms. The van der Waals surface area contributed by atoms with Gasteiger partial charge < -0.3 is 10.2 Å². The number of amides is 1. The molecule has 5 rings (SSSR count). The number of benzene rings is 2. The van der Waals surface area contributed by atoms with Crippen LogP contribution < -0.4 is 10.2 Å². The third-order valence-electron chi connectivity index (χ3n) is 5.59. The Morgan fingerprint density at radius 3 is 2.81 bits per heavy atom. The molecular formula is C24H21ClN6O. The number of nitrogens with one attached hydrogen (secondary N) is 1. The number of aromatic nitrogens is 4. The van der Waals surface area contributed by atoms with E-state index in [0.29, 0.717) is 17.5 Å². The molecule has 0 spiro atoms. The molecule has 7 nitrogen and oxygen atoms in total. The second-order valence-corrected chi connectivity index (χ2v) is 8.04. The maximum absolute atomic E-state index is 12.9. The molecule has 0 radical (unpaired) electrons. The highest BCUT2D eigenvalue weighted by Crippen LogP contribution is 2.33. The maximum Gasteiger partial charge on any atom is 0.231 e. The molecule has 8 heteroatoms. The monoisotopic (exact) mass is 444 g/mol. The molecule has 1 N–H and O–H groups in total. The summed E-state index contributed by atoms with van der Waals surface area (Å²) < 4.78 is 1.72. The number of fused-ring (bicyclic) bond motifs is 1. The molecule has 0 bridgehead atoms. The second-order valence-electron chi connectivity index (χ2n) is 7.64. The van der Waals surface area contributed by atoms with Crippen molar-refractivity contribution < 1.29 is 4.79 Å². The Labute approximate surface area is 190 Å². The molecule has 2 aromatic carbocycles. The number of carbonyl (C=O) groups is 1. The van der Waals surface area contributed by atoms with E-state index in [-0.39, 0.29) is 12.3 Å². The van der Waals surface area contributed by atoms with E-state index in [0.717, 1.165) is 40.3 Å². The zero-order valence-electron chi connectivity index (χ0n) is 17.5. The van der Waals surface area contributed by atoms with Crippen molar-refractivity contribution in [3.8, 4) is 11.3 Å². The summed E-state index contributed by atoms with van der Waals surface area (Å²) in [5, 5.41) is 7.94. The standard InChI is InChI=1S/C24H21ClN6O/c1-30-22(9-12-27-30)29-24-26-11-8-20(28-24)17-6-7-21-18(14-17)10-13-31(21)23(32)15-16-4-2-3-5-19(16)25/h2-9,11-12,14H,10,13,15H2,1H3,(H,26,28,29). The zero-order chi connectivity index (χ0) is 22.1. The average Bonchev–Trinajstić information content (AvgIpc) is 3.41. The third kappa shape index (κ3) is 3.94. The van der Waals surface area contributed by atoms with Crippen molar-refractivity contribution in [2.45, 2.75) is 12.8 Å². The Bertz CT molecular complexity index is 1300. The van der Waals surface area contributed by atoms with Gasteiger partial charge in [0.1, 0.15) is 5.82 Å². The molecule has 0 atom stereocenters. The number of halogens is 1. The molecule has 3 heterocycles. The lowest BCUT2D eigenvalue weighted by Crippen LogP contribution is -2.30. The molecule has 1 aliphatic heterocycles. The number of hydrogen-bond acceptors (Lipinski definition) is 5. The smallest absolute Gasteiger partial charge is 0.231 e. The minimum Gasteiger partial charge on any atom is -0.312 e. The largest absolute Gasteiger partial charge is 0.312 e. The van der Waals surface area contributed by atoms with Crippen LogP contribution in [0.5, 0.6) is 0 Å². The highest BCUT2D eigenvalue weighted by molar-refractivity contribution is 6.31. The van der Waals surface area contributed by atoms with Gasteiger partial charge in [-0.05, 0) is 41.8 Å². The molecule has 1 amide bonds. The summed E-state index contributed by atoms with van der Waals surface area (Å²) in [4.78, 5) is 23.7. The van der Waals surface area contributed by atoms with Gasteiger partial charge in [-0.2, -0.15) is 5.10 Å². The lowest BCUT2D eigenvalue weighted by atomic mass is 10.1. The van der Waals surface area contributed by atoms with Crippen molar-refractivity contribution in [3.05, 3.63) is 83.1 Å². The van der Waals surface area contributed by atoms with Crippen molar-refractivity contribution in [3.63, 3.8) is 0 Å². The van der Waals surface area contributed by atoms with Crippen LogP contribution in [0, 0.1) is 0 Å². The predicted octanol–water partition coefficient (Wildman–Crippen LogP) is 4.41. The van der Waals surface area contributed by atoms with Crippen LogP contribution in [0.15, 0.2) is 67.0 Å². The molecule has 160 valence electrons. The molecule has 0 fully saturated rings. The van der Waals surface area contributed by atoms with Crippen LogP contribution in [0.4, 0.5) is 17.5 Å². The van der Waals surface area contributed by atoms with Gasteiger partial charge in [-0.1, -0.05) is 35.9 Å². The molecule has 0 saturated heterocycles. The van der Waals surface area contributed by atoms with E-state index < -0.39 is 0 Å². The van der Waals surface area contributed by atoms with Gasteiger partial charge in [0.05, 0.1) is 18.3 Å². The quantitative estimate of drug-likeness (QED) is 0.493. The van der Waals surface area contributed by atoms with E-state index >= 15 is 0 Å². The summed E-state index contributed by atoms with van der Waals surface area (Å²) in [6, 6.07) is 17.3. The lowest BCUT2D eigenvalue weighted by molar-refractivity contribution is -0.117. The van der Waals surface area contributed by atoms with Crippen molar-refractivity contribution in [1.82, 2.24) is 19.7 Å². The molecular weight excluding hydrogens is 424 g/mol. The van der Waals surface area contributed by atoms with Crippen LogP contribution in [-0.2, 0) is 24.7 Å². The van der Waals surface area contributed by atoms with Crippen molar-refractivity contribution >= 4 is 35.0 Å². The Morgan fingerprint density at radius 2 is 2.00 bits per heavy atom. The van der Waals surface area contributed by atoms with Crippen LogP contribution in [0.25, 0.3) is 11.3 Å². The molecule has 0 aliphatic carbocycles. The summed E-state index contributed by atoms with van der Waals surface area (Å²) in [5.74, 6) is 1.36. The number of anilines is 3. The van der Waals surface area contributed by atoms with Gasteiger partial charge in [-0.25, -0.2) is 9.97 Å². The van der Waals surface area contributed by atoms with Crippen LogP contribution in [0.3, 0.4) is 0 Å². The van der Waals surface area contributed by atoms with E-state index in [1.807, 2.05) is 60.5 Å². The molecule has 1 aliphatic rings. The second kappa shape index (κ2) is 8.43. The Morgan fingerprint density at radius 1 is 1.12 bits per heavy atom. The minimum atomic E-state index is 0.0503. The molecule has 0 saturated carbocycles. The molecule has 0 unspecified atom stereocenters. The van der Waals surface area contributed by atoms with Crippen molar-refractivity contribution in [1.29, 1.82) is 0 Å². The van der Waals surface area contributed by atoms with Gasteiger partial charge in [0.15, 0.2) is 0 Å². The van der Waals surface area contributed by atoms with Gasteiger partial charge in [-0.3, -0.25) is 9.48 Å². The Hall–Kier alpha value is -3.71. The fourth-order valence-corrected chi connectivity index (χ4v) is 4.11. The summed E-state index contributed by atoms with van der Waals surface area (Å²) in [6.45, 7) is 0.666. The fraction of sp³-hybridized carbons (Fsp3) is 0.167. The number of nitrogens with zero attached hydrogens (tertiary/aromatic N) is 5. The number of rotatable bonds is 5. The van der Waals surface area contributed by atoms with Crippen molar-refractivity contribution in [2.75, 3.05) is 16.8 Å². The van der Waals surface area contributed by atoms with Gasteiger partial charge in [0, 0.05) is 42.1 Å². The van der Waals surface area contributed by atoms with E-state index in [1.165, 1.54) is 0 Å². The number of aryl methyl sites for hydroxylation is 1. The van der Waals surface area contributed by atoms with E-state index in [9.17, 15) is 4.79 Å². The minimum absolute atomic E-state index is 0.0503. The normalized spacial score (nSPS) is 12.6. The van der Waals surface area contributed by atoms with Crippen LogP contribution in [0.2, 0.25) is 5.02 Å².